The van der Waals surface area contributed by atoms with Gasteiger partial charge in [-0.3, -0.25) is 4.79 Å². The van der Waals surface area contributed by atoms with Gasteiger partial charge in [-0.2, -0.15) is 0 Å². The molecular weight excluding hydrogens is 253 g/mol. The Morgan fingerprint density at radius 3 is 2.81 bits per heavy atom. The highest BCUT2D eigenvalue weighted by atomic mass is 35.5. The molecule has 0 atom stereocenters. The molecule has 1 amide bonds. The highest BCUT2D eigenvalue weighted by Crippen LogP contribution is 2.18. The summed E-state index contributed by atoms with van der Waals surface area (Å²) in [6.45, 7) is 0. The van der Waals surface area contributed by atoms with Gasteiger partial charge in [0.2, 0.25) is 5.22 Å². The largest absolute Gasteiger partial charge is 0.452 e. The Labute approximate surface area is 100 Å². The Balaban J connectivity index is 2.17. The van der Waals surface area contributed by atoms with Crippen LogP contribution in [-0.2, 0) is 0 Å². The fourth-order valence-corrected chi connectivity index (χ4v) is 1.39. The predicted octanol–water partition coefficient (Wildman–Crippen LogP) is 2.63. The standard InChI is InChI=1S/C9H5Cl2N3O2/c10-6-3-7(13-4-12-6)14-9(15)5-1-2-16-8(5)11/h1-4H,(H,12,13,14,15). The van der Waals surface area contributed by atoms with Crippen molar-refractivity contribution in [2.45, 2.75) is 0 Å². The number of nitrogens with zero attached hydrogens (tertiary/aromatic N) is 2. The molecule has 0 aliphatic carbocycles. The zero-order chi connectivity index (χ0) is 11.5. The maximum absolute atomic E-state index is 11.6. The highest BCUT2D eigenvalue weighted by Gasteiger charge is 2.13. The molecule has 0 saturated heterocycles. The first kappa shape index (κ1) is 10.9. The second-order valence-corrected chi connectivity index (χ2v) is 3.52. The summed E-state index contributed by atoms with van der Waals surface area (Å²) in [7, 11) is 0. The quantitative estimate of drug-likeness (QED) is 0.840. The molecule has 2 aromatic heterocycles. The van der Waals surface area contributed by atoms with E-state index in [1.807, 2.05) is 0 Å². The van der Waals surface area contributed by atoms with Crippen LogP contribution in [0.1, 0.15) is 10.4 Å². The lowest BCUT2D eigenvalue weighted by molar-refractivity contribution is 0.102. The molecule has 0 saturated carbocycles. The average molecular weight is 258 g/mol. The molecule has 5 nitrogen and oxygen atoms in total. The van der Waals surface area contributed by atoms with Crippen LogP contribution in [0.5, 0.6) is 0 Å². The maximum atomic E-state index is 11.6. The molecule has 2 heterocycles. The number of carbonyl (C=O) groups is 1. The van der Waals surface area contributed by atoms with Gasteiger partial charge in [-0.05, 0) is 17.7 Å². The van der Waals surface area contributed by atoms with Crippen molar-refractivity contribution in [2.24, 2.45) is 0 Å². The van der Waals surface area contributed by atoms with Crippen molar-refractivity contribution in [3.63, 3.8) is 0 Å². The van der Waals surface area contributed by atoms with E-state index in [1.165, 1.54) is 24.7 Å². The molecule has 2 aromatic rings. The summed E-state index contributed by atoms with van der Waals surface area (Å²) < 4.78 is 4.79. The second-order valence-electron chi connectivity index (χ2n) is 2.79. The van der Waals surface area contributed by atoms with E-state index in [0.29, 0.717) is 5.82 Å². The fourth-order valence-electron chi connectivity index (χ4n) is 1.04. The smallest absolute Gasteiger partial charge is 0.261 e. The van der Waals surface area contributed by atoms with Gasteiger partial charge in [0.25, 0.3) is 5.91 Å². The lowest BCUT2D eigenvalue weighted by Crippen LogP contribution is -2.12. The van der Waals surface area contributed by atoms with Gasteiger partial charge in [-0.15, -0.1) is 0 Å². The Morgan fingerprint density at radius 2 is 2.19 bits per heavy atom. The number of hydrogen-bond donors (Lipinski definition) is 1. The van der Waals surface area contributed by atoms with Crippen LogP contribution < -0.4 is 5.32 Å². The Bertz CT molecular complexity index is 527. The lowest BCUT2D eigenvalue weighted by Gasteiger charge is -2.02. The summed E-state index contributed by atoms with van der Waals surface area (Å²) in [6, 6.07) is 2.88. The molecule has 0 radical (unpaired) electrons. The molecule has 2 rings (SSSR count). The van der Waals surface area contributed by atoms with E-state index in [9.17, 15) is 4.79 Å². The Kier molecular flexibility index (Phi) is 3.07. The van der Waals surface area contributed by atoms with Gasteiger partial charge < -0.3 is 9.73 Å². The topological polar surface area (TPSA) is 68.0 Å². The van der Waals surface area contributed by atoms with E-state index in [4.69, 9.17) is 27.6 Å². The SMILES string of the molecule is O=C(Nc1cc(Cl)ncn1)c1ccoc1Cl. The van der Waals surface area contributed by atoms with Crippen molar-refractivity contribution in [1.29, 1.82) is 0 Å². The van der Waals surface area contributed by atoms with E-state index in [-0.39, 0.29) is 15.9 Å². The number of carbonyl (C=O) groups excluding carboxylic acids is 1. The van der Waals surface area contributed by atoms with E-state index in [1.54, 1.807) is 0 Å². The number of nitrogens with one attached hydrogen (secondary N) is 1. The van der Waals surface area contributed by atoms with E-state index < -0.39 is 5.91 Å². The minimum Gasteiger partial charge on any atom is -0.452 e. The van der Waals surface area contributed by atoms with Gasteiger partial charge in [0, 0.05) is 6.07 Å². The molecule has 0 unspecified atom stereocenters. The first-order chi connectivity index (χ1) is 7.66. The summed E-state index contributed by atoms with van der Waals surface area (Å²) >= 11 is 11.3. The van der Waals surface area contributed by atoms with E-state index in [0.717, 1.165) is 0 Å². The monoisotopic (exact) mass is 257 g/mol. The summed E-state index contributed by atoms with van der Waals surface area (Å²) in [6.07, 6.45) is 2.57. The fraction of sp³-hybridized carbons (Fsp3) is 0. The van der Waals surface area contributed by atoms with Gasteiger partial charge in [0.1, 0.15) is 17.3 Å². The van der Waals surface area contributed by atoms with Crippen molar-refractivity contribution in [2.75, 3.05) is 5.32 Å². The van der Waals surface area contributed by atoms with E-state index in [2.05, 4.69) is 15.3 Å². The van der Waals surface area contributed by atoms with Crippen molar-refractivity contribution < 1.29 is 9.21 Å². The van der Waals surface area contributed by atoms with E-state index >= 15 is 0 Å². The van der Waals surface area contributed by atoms with Gasteiger partial charge >= 0.3 is 0 Å². The summed E-state index contributed by atoms with van der Waals surface area (Å²) in [5.74, 6) is -0.129. The number of halogens is 2. The van der Waals surface area contributed by atoms with Gasteiger partial charge in [-0.1, -0.05) is 11.6 Å². The van der Waals surface area contributed by atoms with Crippen LogP contribution in [0.15, 0.2) is 29.1 Å². The Morgan fingerprint density at radius 1 is 1.38 bits per heavy atom. The number of rotatable bonds is 2. The highest BCUT2D eigenvalue weighted by molar-refractivity contribution is 6.32. The molecule has 16 heavy (non-hydrogen) atoms. The molecule has 0 spiro atoms. The molecule has 1 N–H and O–H groups in total. The minimum absolute atomic E-state index is 0.0256. The van der Waals surface area contributed by atoms with Crippen molar-refractivity contribution in [3.05, 3.63) is 40.7 Å². The average Bonchev–Trinajstić information content (AvgIpc) is 2.64. The summed E-state index contributed by atoms with van der Waals surface area (Å²) in [4.78, 5) is 19.2. The number of hydrogen-bond acceptors (Lipinski definition) is 4. The molecular formula is C9H5Cl2N3O2. The van der Waals surface area contributed by atoms with Crippen LogP contribution in [-0.4, -0.2) is 15.9 Å². The van der Waals surface area contributed by atoms with Gasteiger partial charge in [-0.25, -0.2) is 9.97 Å². The Hall–Kier alpha value is -1.59. The van der Waals surface area contributed by atoms with Gasteiger partial charge in [0.05, 0.1) is 11.8 Å². The normalized spacial score (nSPS) is 10.1. The predicted molar refractivity (Wildman–Crippen MR) is 58.7 cm³/mol. The molecule has 0 fully saturated rings. The molecule has 82 valence electrons. The van der Waals surface area contributed by atoms with Crippen LogP contribution in [0.25, 0.3) is 0 Å². The first-order valence-electron chi connectivity index (χ1n) is 4.18. The molecule has 0 aliphatic heterocycles. The zero-order valence-electron chi connectivity index (χ0n) is 7.78. The van der Waals surface area contributed by atoms with Crippen LogP contribution in [0.3, 0.4) is 0 Å². The minimum atomic E-state index is -0.423. The molecule has 0 aromatic carbocycles. The number of anilines is 1. The maximum Gasteiger partial charge on any atom is 0.261 e. The van der Waals surface area contributed by atoms with Crippen molar-refractivity contribution in [1.82, 2.24) is 9.97 Å². The molecule has 0 aliphatic rings. The third-order valence-corrected chi connectivity index (χ3v) is 2.24. The summed E-state index contributed by atoms with van der Waals surface area (Å²) in [5, 5.41) is 2.77. The zero-order valence-corrected chi connectivity index (χ0v) is 9.29. The first-order valence-corrected chi connectivity index (χ1v) is 4.94. The van der Waals surface area contributed by atoms with Crippen molar-refractivity contribution >= 4 is 34.9 Å². The lowest BCUT2D eigenvalue weighted by atomic mass is 10.3. The van der Waals surface area contributed by atoms with Gasteiger partial charge in [0.15, 0.2) is 0 Å². The van der Waals surface area contributed by atoms with Crippen LogP contribution in [0.4, 0.5) is 5.82 Å². The number of amides is 1. The van der Waals surface area contributed by atoms with Crippen LogP contribution in [0.2, 0.25) is 10.4 Å². The second kappa shape index (κ2) is 4.51. The summed E-state index contributed by atoms with van der Waals surface area (Å²) in [5.41, 5.74) is 0.233. The number of furan rings is 1. The van der Waals surface area contributed by atoms with Crippen LogP contribution >= 0.6 is 23.2 Å². The third-order valence-electron chi connectivity index (χ3n) is 1.74. The third kappa shape index (κ3) is 2.32. The van der Waals surface area contributed by atoms with Crippen LogP contribution in [0, 0.1) is 0 Å². The number of aromatic nitrogens is 2. The molecule has 0 bridgehead atoms. The van der Waals surface area contributed by atoms with Crippen molar-refractivity contribution in [3.8, 4) is 0 Å². The molecule has 7 heteroatoms.